The van der Waals surface area contributed by atoms with Gasteiger partial charge in [-0.15, -0.1) is 0 Å². The predicted octanol–water partition coefficient (Wildman–Crippen LogP) is 2.08. The van der Waals surface area contributed by atoms with E-state index in [2.05, 4.69) is 20.3 Å². The number of rotatable bonds is 4. The van der Waals surface area contributed by atoms with Crippen LogP contribution in [0.1, 0.15) is 23.2 Å². The summed E-state index contributed by atoms with van der Waals surface area (Å²) in [5, 5.41) is 5.51. The van der Waals surface area contributed by atoms with E-state index in [9.17, 15) is 14.0 Å². The van der Waals surface area contributed by atoms with Crippen molar-refractivity contribution in [1.29, 1.82) is 0 Å². The smallest absolute Gasteiger partial charge is 0.340 e. The highest BCUT2D eigenvalue weighted by Gasteiger charge is 2.33. The molecule has 2 amide bonds. The number of fused-ring (bicyclic) bond motifs is 3. The number of anilines is 1. The van der Waals surface area contributed by atoms with Crippen molar-refractivity contribution < 1.29 is 18.7 Å². The molecule has 1 aromatic carbocycles. The Bertz CT molecular complexity index is 630. The number of ether oxygens (including phenoxy) is 1. The van der Waals surface area contributed by atoms with E-state index in [0.717, 1.165) is 12.6 Å². The third-order valence-corrected chi connectivity index (χ3v) is 4.95. The summed E-state index contributed by atoms with van der Waals surface area (Å²) >= 11 is 0. The summed E-state index contributed by atoms with van der Waals surface area (Å²) in [5.74, 6) is -0.284. The Morgan fingerprint density at radius 3 is 2.71 bits per heavy atom. The van der Waals surface area contributed by atoms with Crippen molar-refractivity contribution >= 4 is 17.7 Å². The Kier molecular flexibility index (Phi) is 4.99. The summed E-state index contributed by atoms with van der Waals surface area (Å²) in [5.41, 5.74) is 0.149. The van der Waals surface area contributed by atoms with Crippen molar-refractivity contribution in [1.82, 2.24) is 10.2 Å². The van der Waals surface area contributed by atoms with Crippen molar-refractivity contribution in [3.8, 4) is 0 Å². The fraction of sp³-hybridized carbons (Fsp3) is 0.529. The molecule has 0 aliphatic carbocycles. The summed E-state index contributed by atoms with van der Waals surface area (Å²) in [6.07, 6.45) is 2.41. The van der Waals surface area contributed by atoms with Gasteiger partial charge in [-0.05, 0) is 56.0 Å². The molecule has 130 valence electrons. The minimum absolute atomic E-state index is 0.201. The van der Waals surface area contributed by atoms with E-state index in [1.165, 1.54) is 45.2 Å². The summed E-state index contributed by atoms with van der Waals surface area (Å²) in [6, 6.07) is 3.47. The molecular formula is C17H22FN3O3. The number of amides is 2. The first-order chi connectivity index (χ1) is 11.6. The Balaban J connectivity index is 1.54. The van der Waals surface area contributed by atoms with Crippen LogP contribution < -0.4 is 10.6 Å². The van der Waals surface area contributed by atoms with Gasteiger partial charge in [0.25, 0.3) is 0 Å². The molecule has 0 radical (unpaired) electrons. The van der Waals surface area contributed by atoms with E-state index < -0.39 is 11.8 Å². The molecule has 6 nitrogen and oxygen atoms in total. The number of halogens is 1. The second-order valence-corrected chi connectivity index (χ2v) is 6.42. The maximum absolute atomic E-state index is 13.6. The van der Waals surface area contributed by atoms with Gasteiger partial charge in [-0.2, -0.15) is 0 Å². The zero-order chi connectivity index (χ0) is 17.1. The molecule has 2 bridgehead atoms. The third kappa shape index (κ3) is 3.67. The molecule has 1 atom stereocenters. The van der Waals surface area contributed by atoms with Gasteiger partial charge in [0.15, 0.2) is 0 Å². The molecule has 1 aromatic rings. The number of nitrogens with one attached hydrogen (secondary N) is 2. The second-order valence-electron chi connectivity index (χ2n) is 6.42. The van der Waals surface area contributed by atoms with Crippen LogP contribution in [-0.2, 0) is 4.74 Å². The van der Waals surface area contributed by atoms with E-state index in [1.54, 1.807) is 0 Å². The van der Waals surface area contributed by atoms with Crippen LogP contribution in [-0.4, -0.2) is 50.2 Å². The molecule has 3 heterocycles. The van der Waals surface area contributed by atoms with E-state index in [-0.39, 0.29) is 11.6 Å². The molecule has 3 aliphatic heterocycles. The topological polar surface area (TPSA) is 70.7 Å². The van der Waals surface area contributed by atoms with Crippen LogP contribution >= 0.6 is 0 Å². The van der Waals surface area contributed by atoms with Crippen molar-refractivity contribution in [2.75, 3.05) is 38.6 Å². The lowest BCUT2D eigenvalue weighted by Crippen LogP contribution is -2.51. The summed E-state index contributed by atoms with van der Waals surface area (Å²) in [7, 11) is 1.18. The molecule has 7 heteroatoms. The van der Waals surface area contributed by atoms with E-state index >= 15 is 0 Å². The average molecular weight is 335 g/mol. The van der Waals surface area contributed by atoms with E-state index in [1.807, 2.05) is 0 Å². The standard InChI is InChI=1S/C17H22FN3O3/c1-24-16(22)14-8-13(2-3-15(14)18)20-17(23)19-9-12-10-21-6-4-11(12)5-7-21/h2-3,8,11-12H,4-7,9-10H2,1H3,(H2,19,20,23). The summed E-state index contributed by atoms with van der Waals surface area (Å²) in [6.45, 7) is 3.99. The maximum Gasteiger partial charge on any atom is 0.340 e. The SMILES string of the molecule is COC(=O)c1cc(NC(=O)NCC2CN3CCC2CC3)ccc1F. The molecule has 3 fully saturated rings. The van der Waals surface area contributed by atoms with Gasteiger partial charge < -0.3 is 20.3 Å². The van der Waals surface area contributed by atoms with Gasteiger partial charge in [0.2, 0.25) is 0 Å². The van der Waals surface area contributed by atoms with Crippen LogP contribution in [0, 0.1) is 17.7 Å². The van der Waals surface area contributed by atoms with Crippen molar-refractivity contribution in [2.45, 2.75) is 12.8 Å². The number of carbonyl (C=O) groups excluding carboxylic acids is 2. The van der Waals surface area contributed by atoms with Gasteiger partial charge in [0.1, 0.15) is 5.82 Å². The molecule has 0 saturated carbocycles. The normalized spacial score (nSPS) is 25.2. The molecule has 3 saturated heterocycles. The third-order valence-electron chi connectivity index (χ3n) is 4.95. The summed E-state index contributed by atoms with van der Waals surface area (Å²) < 4.78 is 18.1. The lowest BCUT2D eigenvalue weighted by atomic mass is 9.79. The fourth-order valence-electron chi connectivity index (χ4n) is 3.59. The monoisotopic (exact) mass is 335 g/mol. The number of hydrogen-bond acceptors (Lipinski definition) is 4. The van der Waals surface area contributed by atoms with Crippen LogP contribution in [0.5, 0.6) is 0 Å². The lowest BCUT2D eigenvalue weighted by Gasteiger charge is -2.44. The molecule has 0 aromatic heterocycles. The minimum Gasteiger partial charge on any atom is -0.465 e. The number of urea groups is 1. The van der Waals surface area contributed by atoms with Crippen LogP contribution in [0.2, 0.25) is 0 Å². The van der Waals surface area contributed by atoms with E-state index in [4.69, 9.17) is 0 Å². The lowest BCUT2D eigenvalue weighted by molar-refractivity contribution is 0.0525. The van der Waals surface area contributed by atoms with Crippen molar-refractivity contribution in [2.24, 2.45) is 11.8 Å². The Labute approximate surface area is 140 Å². The number of piperidine rings is 3. The highest BCUT2D eigenvalue weighted by Crippen LogP contribution is 2.31. The highest BCUT2D eigenvalue weighted by molar-refractivity contribution is 5.94. The number of esters is 1. The minimum atomic E-state index is -0.774. The predicted molar refractivity (Wildman–Crippen MR) is 87.4 cm³/mol. The summed E-state index contributed by atoms with van der Waals surface area (Å²) in [4.78, 5) is 26.0. The van der Waals surface area contributed by atoms with Crippen LogP contribution in [0.25, 0.3) is 0 Å². The highest BCUT2D eigenvalue weighted by atomic mass is 19.1. The first kappa shape index (κ1) is 16.7. The first-order valence-corrected chi connectivity index (χ1v) is 8.22. The second kappa shape index (κ2) is 7.17. The molecule has 3 aliphatic rings. The number of benzene rings is 1. The quantitative estimate of drug-likeness (QED) is 0.827. The van der Waals surface area contributed by atoms with Gasteiger partial charge in [0.05, 0.1) is 12.7 Å². The largest absolute Gasteiger partial charge is 0.465 e. The fourth-order valence-corrected chi connectivity index (χ4v) is 3.59. The van der Waals surface area contributed by atoms with Crippen LogP contribution in [0.3, 0.4) is 0 Å². The van der Waals surface area contributed by atoms with Gasteiger partial charge in [-0.1, -0.05) is 0 Å². The average Bonchev–Trinajstić information content (AvgIpc) is 2.62. The van der Waals surface area contributed by atoms with Gasteiger partial charge in [-0.3, -0.25) is 0 Å². The molecule has 4 rings (SSSR count). The number of carbonyl (C=O) groups is 2. The van der Waals surface area contributed by atoms with Gasteiger partial charge >= 0.3 is 12.0 Å². The Morgan fingerprint density at radius 1 is 1.33 bits per heavy atom. The van der Waals surface area contributed by atoms with E-state index in [0.29, 0.717) is 24.1 Å². The zero-order valence-electron chi connectivity index (χ0n) is 13.7. The van der Waals surface area contributed by atoms with Gasteiger partial charge in [-0.25, -0.2) is 14.0 Å². The Morgan fingerprint density at radius 2 is 2.08 bits per heavy atom. The molecule has 2 N–H and O–H groups in total. The zero-order valence-corrected chi connectivity index (χ0v) is 13.7. The first-order valence-electron chi connectivity index (χ1n) is 8.22. The van der Waals surface area contributed by atoms with Crippen LogP contribution in [0.4, 0.5) is 14.9 Å². The number of methoxy groups -OCH3 is 1. The van der Waals surface area contributed by atoms with Crippen molar-refractivity contribution in [3.63, 3.8) is 0 Å². The molecular weight excluding hydrogens is 313 g/mol. The number of nitrogens with zero attached hydrogens (tertiary/aromatic N) is 1. The van der Waals surface area contributed by atoms with Crippen LogP contribution in [0.15, 0.2) is 18.2 Å². The molecule has 0 spiro atoms. The number of hydrogen-bond donors (Lipinski definition) is 2. The maximum atomic E-state index is 13.6. The van der Waals surface area contributed by atoms with Gasteiger partial charge in [0, 0.05) is 18.8 Å². The molecule has 24 heavy (non-hydrogen) atoms. The Hall–Kier alpha value is -2.15. The van der Waals surface area contributed by atoms with Crippen molar-refractivity contribution in [3.05, 3.63) is 29.6 Å². The molecule has 1 unspecified atom stereocenters.